The van der Waals surface area contributed by atoms with E-state index in [2.05, 4.69) is 33.8 Å². The van der Waals surface area contributed by atoms with Crippen LogP contribution in [0.4, 0.5) is 0 Å². The molecule has 0 spiro atoms. The summed E-state index contributed by atoms with van der Waals surface area (Å²) in [5.74, 6) is 0. The van der Waals surface area contributed by atoms with Crippen LogP contribution in [0, 0.1) is 0 Å². The zero-order valence-electron chi connectivity index (χ0n) is 11.8. The van der Waals surface area contributed by atoms with Gasteiger partial charge in [-0.15, -0.1) is 0 Å². The van der Waals surface area contributed by atoms with Crippen molar-refractivity contribution in [1.29, 1.82) is 0 Å². The highest BCUT2D eigenvalue weighted by Crippen LogP contribution is 2.37. The lowest BCUT2D eigenvalue weighted by molar-refractivity contribution is 0.112. The fraction of sp³-hybridized carbons (Fsp3) is 0.278. The van der Waals surface area contributed by atoms with Gasteiger partial charge in [0.05, 0.1) is 29.5 Å². The zero-order chi connectivity index (χ0) is 14.2. The van der Waals surface area contributed by atoms with E-state index in [4.69, 9.17) is 0 Å². The van der Waals surface area contributed by atoms with E-state index < -0.39 is 6.10 Å². The highest BCUT2D eigenvalue weighted by molar-refractivity contribution is 5.75. The molecule has 0 bridgehead atoms. The van der Waals surface area contributed by atoms with E-state index in [-0.39, 0.29) is 6.04 Å². The standard InChI is InChI=1S/C18H18N2O/c21-18-14-8-2-1-6-13(14)7-5-11-17(18)20-12-19-15-9-3-4-10-16(15)20/h1-4,6,8-10,12,17-18,21H,5,7,11H2. The van der Waals surface area contributed by atoms with Crippen molar-refractivity contribution in [2.45, 2.75) is 31.4 Å². The fourth-order valence-corrected chi connectivity index (χ4v) is 3.45. The van der Waals surface area contributed by atoms with Crippen LogP contribution < -0.4 is 0 Å². The molecular formula is C18H18N2O. The van der Waals surface area contributed by atoms with Gasteiger partial charge in [-0.25, -0.2) is 4.98 Å². The second-order valence-electron chi connectivity index (χ2n) is 5.74. The van der Waals surface area contributed by atoms with Crippen LogP contribution in [0.25, 0.3) is 11.0 Å². The zero-order valence-corrected chi connectivity index (χ0v) is 11.8. The lowest BCUT2D eigenvalue weighted by Crippen LogP contribution is -2.16. The predicted molar refractivity (Wildman–Crippen MR) is 83.1 cm³/mol. The first kappa shape index (κ1) is 12.6. The minimum atomic E-state index is -0.471. The Bertz CT molecular complexity index is 777. The summed E-state index contributed by atoms with van der Waals surface area (Å²) in [7, 11) is 0. The molecule has 0 saturated heterocycles. The fourth-order valence-electron chi connectivity index (χ4n) is 3.45. The van der Waals surface area contributed by atoms with Crippen LogP contribution in [0.5, 0.6) is 0 Å². The number of para-hydroxylation sites is 2. The molecule has 0 amide bonds. The van der Waals surface area contributed by atoms with Gasteiger partial charge in [-0.3, -0.25) is 0 Å². The number of aliphatic hydroxyl groups is 1. The Labute approximate surface area is 123 Å². The summed E-state index contributed by atoms with van der Waals surface area (Å²) in [5, 5.41) is 10.9. The van der Waals surface area contributed by atoms with Crippen molar-refractivity contribution in [3.05, 3.63) is 66.0 Å². The molecule has 0 aliphatic heterocycles. The first-order valence-electron chi connectivity index (χ1n) is 7.52. The van der Waals surface area contributed by atoms with Gasteiger partial charge in [0, 0.05) is 0 Å². The monoisotopic (exact) mass is 278 g/mol. The van der Waals surface area contributed by atoms with Gasteiger partial charge in [-0.1, -0.05) is 36.4 Å². The number of fused-ring (bicyclic) bond motifs is 2. The quantitative estimate of drug-likeness (QED) is 0.690. The summed E-state index contributed by atoms with van der Waals surface area (Å²) < 4.78 is 2.14. The molecule has 1 aliphatic rings. The molecule has 21 heavy (non-hydrogen) atoms. The van der Waals surface area contributed by atoms with Crippen molar-refractivity contribution in [3.8, 4) is 0 Å². The van der Waals surface area contributed by atoms with E-state index in [9.17, 15) is 5.11 Å². The second-order valence-corrected chi connectivity index (χ2v) is 5.74. The van der Waals surface area contributed by atoms with Gasteiger partial charge in [-0.2, -0.15) is 0 Å². The number of rotatable bonds is 1. The predicted octanol–water partition coefficient (Wildman–Crippen LogP) is 3.65. The molecule has 106 valence electrons. The van der Waals surface area contributed by atoms with E-state index >= 15 is 0 Å². The van der Waals surface area contributed by atoms with Gasteiger partial charge in [0.25, 0.3) is 0 Å². The van der Waals surface area contributed by atoms with Gasteiger partial charge in [0.15, 0.2) is 0 Å². The average molecular weight is 278 g/mol. The summed E-state index contributed by atoms with van der Waals surface area (Å²) in [6, 6.07) is 16.4. The number of imidazole rings is 1. The lowest BCUT2D eigenvalue weighted by Gasteiger charge is -2.24. The van der Waals surface area contributed by atoms with Crippen LogP contribution >= 0.6 is 0 Å². The van der Waals surface area contributed by atoms with E-state index in [0.717, 1.165) is 35.9 Å². The Morgan fingerprint density at radius 1 is 1.05 bits per heavy atom. The molecule has 2 aromatic carbocycles. The van der Waals surface area contributed by atoms with E-state index in [1.54, 1.807) is 0 Å². The van der Waals surface area contributed by atoms with Crippen molar-refractivity contribution in [1.82, 2.24) is 9.55 Å². The summed E-state index contributed by atoms with van der Waals surface area (Å²) in [6.07, 6.45) is 4.49. The highest BCUT2D eigenvalue weighted by atomic mass is 16.3. The lowest BCUT2D eigenvalue weighted by atomic mass is 9.98. The Kier molecular flexibility index (Phi) is 3.00. The molecule has 1 aliphatic carbocycles. The smallest absolute Gasteiger partial charge is 0.1000 e. The molecule has 1 aromatic heterocycles. The molecule has 0 saturated carbocycles. The first-order valence-corrected chi connectivity index (χ1v) is 7.52. The van der Waals surface area contributed by atoms with E-state index in [1.165, 1.54) is 5.56 Å². The van der Waals surface area contributed by atoms with Crippen LogP contribution in [-0.2, 0) is 6.42 Å². The van der Waals surface area contributed by atoms with Gasteiger partial charge in [0.2, 0.25) is 0 Å². The minimum absolute atomic E-state index is 0.0565. The van der Waals surface area contributed by atoms with Crippen molar-refractivity contribution in [2.24, 2.45) is 0 Å². The van der Waals surface area contributed by atoms with Crippen molar-refractivity contribution in [3.63, 3.8) is 0 Å². The van der Waals surface area contributed by atoms with E-state index in [1.807, 2.05) is 30.6 Å². The summed E-state index contributed by atoms with van der Waals surface area (Å²) >= 11 is 0. The first-order chi connectivity index (χ1) is 10.3. The minimum Gasteiger partial charge on any atom is -0.386 e. The largest absolute Gasteiger partial charge is 0.386 e. The molecule has 1 N–H and O–H groups in total. The molecule has 3 aromatic rings. The third kappa shape index (κ3) is 2.05. The summed E-state index contributed by atoms with van der Waals surface area (Å²) in [5.41, 5.74) is 4.43. The normalized spacial score (nSPS) is 22.0. The molecule has 4 rings (SSSR count). The summed E-state index contributed by atoms with van der Waals surface area (Å²) in [4.78, 5) is 4.47. The maximum atomic E-state index is 10.9. The topological polar surface area (TPSA) is 38.0 Å². The van der Waals surface area contributed by atoms with Crippen LogP contribution in [0.15, 0.2) is 54.9 Å². The Hall–Kier alpha value is -2.13. The van der Waals surface area contributed by atoms with Crippen molar-refractivity contribution >= 4 is 11.0 Å². The number of benzene rings is 2. The van der Waals surface area contributed by atoms with Gasteiger partial charge in [0.1, 0.15) is 0 Å². The highest BCUT2D eigenvalue weighted by Gasteiger charge is 2.27. The van der Waals surface area contributed by atoms with Crippen LogP contribution in [0.2, 0.25) is 0 Å². The van der Waals surface area contributed by atoms with Crippen molar-refractivity contribution < 1.29 is 5.11 Å². The Morgan fingerprint density at radius 2 is 1.86 bits per heavy atom. The van der Waals surface area contributed by atoms with Gasteiger partial charge >= 0.3 is 0 Å². The molecule has 3 nitrogen and oxygen atoms in total. The third-order valence-electron chi connectivity index (χ3n) is 4.52. The number of aromatic nitrogens is 2. The van der Waals surface area contributed by atoms with Gasteiger partial charge in [-0.05, 0) is 42.5 Å². The number of aryl methyl sites for hydroxylation is 1. The van der Waals surface area contributed by atoms with Crippen LogP contribution in [0.1, 0.15) is 36.1 Å². The molecule has 3 heteroatoms. The Morgan fingerprint density at radius 3 is 2.81 bits per heavy atom. The van der Waals surface area contributed by atoms with Crippen LogP contribution in [-0.4, -0.2) is 14.7 Å². The second kappa shape index (κ2) is 5.01. The number of aliphatic hydroxyl groups excluding tert-OH is 1. The van der Waals surface area contributed by atoms with Gasteiger partial charge < -0.3 is 9.67 Å². The van der Waals surface area contributed by atoms with Crippen LogP contribution in [0.3, 0.4) is 0 Å². The average Bonchev–Trinajstić information content (AvgIpc) is 2.88. The number of nitrogens with zero attached hydrogens (tertiary/aromatic N) is 2. The molecule has 2 atom stereocenters. The summed E-state index contributed by atoms with van der Waals surface area (Å²) in [6.45, 7) is 0. The SMILES string of the molecule is OC1c2ccccc2CCCC1n1cnc2ccccc21. The Balaban J connectivity index is 1.82. The maximum absolute atomic E-state index is 10.9. The molecular weight excluding hydrogens is 260 g/mol. The third-order valence-corrected chi connectivity index (χ3v) is 4.52. The van der Waals surface area contributed by atoms with E-state index in [0.29, 0.717) is 0 Å². The molecule has 1 heterocycles. The van der Waals surface area contributed by atoms with Crippen molar-refractivity contribution in [2.75, 3.05) is 0 Å². The molecule has 0 fully saturated rings. The molecule has 2 unspecified atom stereocenters. The number of hydrogen-bond acceptors (Lipinski definition) is 2. The molecule has 0 radical (unpaired) electrons. The maximum Gasteiger partial charge on any atom is 0.1000 e. The number of hydrogen-bond donors (Lipinski definition) is 1.